The summed E-state index contributed by atoms with van der Waals surface area (Å²) in [6, 6.07) is 21.4. The zero-order valence-corrected chi connectivity index (χ0v) is 25.0. The minimum atomic E-state index is -1.80. The first-order valence-corrected chi connectivity index (χ1v) is 16.6. The lowest BCUT2D eigenvalue weighted by Crippen LogP contribution is -2.40. The van der Waals surface area contributed by atoms with Crippen LogP contribution in [0.3, 0.4) is 0 Å². The van der Waals surface area contributed by atoms with Gasteiger partial charge in [0, 0.05) is 23.8 Å². The number of halogens is 1. The molecule has 0 spiro atoms. The molecule has 6 heteroatoms. The molecule has 1 heterocycles. The zero-order valence-electron chi connectivity index (χ0n) is 24.0. The monoisotopic (exact) mass is 545 g/mol. The highest BCUT2D eigenvalue weighted by atomic mass is 28.4. The Hall–Kier alpha value is -3.22. The van der Waals surface area contributed by atoms with Crippen molar-refractivity contribution in [1.82, 2.24) is 0 Å². The lowest BCUT2D eigenvalue weighted by molar-refractivity contribution is -0.0248. The van der Waals surface area contributed by atoms with Crippen molar-refractivity contribution in [3.05, 3.63) is 113 Å². The lowest BCUT2D eigenvalue weighted by Gasteiger charge is -2.36. The molecule has 0 fully saturated rings. The predicted molar refractivity (Wildman–Crippen MR) is 159 cm³/mol. The van der Waals surface area contributed by atoms with Crippen LogP contribution in [0.5, 0.6) is 0 Å². The van der Waals surface area contributed by atoms with Gasteiger partial charge in [-0.1, -0.05) is 81.4 Å². The minimum Gasteiger partial charge on any atom is -0.455 e. The molecular weight excluding hydrogens is 505 g/mol. The third-order valence-corrected chi connectivity index (χ3v) is 12.3. The molecule has 0 atom stereocenters. The topological polar surface area (TPSA) is 40.0 Å². The first-order chi connectivity index (χ1) is 18.6. The van der Waals surface area contributed by atoms with Crippen LogP contribution in [-0.4, -0.2) is 20.6 Å². The summed E-state index contributed by atoms with van der Waals surface area (Å²) < 4.78 is 33.4. The summed E-state index contributed by atoms with van der Waals surface area (Å²) in [5.41, 5.74) is 5.44. The van der Waals surface area contributed by atoms with Gasteiger partial charge in [-0.3, -0.25) is 0 Å². The van der Waals surface area contributed by atoms with Crippen molar-refractivity contribution in [1.29, 1.82) is 0 Å². The van der Waals surface area contributed by atoms with Crippen LogP contribution in [0.2, 0.25) is 18.1 Å². The van der Waals surface area contributed by atoms with Gasteiger partial charge in [-0.15, -0.1) is 0 Å². The van der Waals surface area contributed by atoms with Gasteiger partial charge in [-0.2, -0.15) is 0 Å². The number of ether oxygens (including phenoxy) is 2. The Bertz CT molecular complexity index is 1260. The van der Waals surface area contributed by atoms with E-state index in [0.29, 0.717) is 24.3 Å². The van der Waals surface area contributed by atoms with Crippen molar-refractivity contribution in [3.63, 3.8) is 0 Å². The molecule has 3 aromatic rings. The van der Waals surface area contributed by atoms with E-state index in [1.54, 1.807) is 0 Å². The number of unbranched alkanes of at least 4 members (excludes halogenated alkanes) is 1. The third-order valence-electron chi connectivity index (χ3n) is 7.79. The molecule has 39 heavy (non-hydrogen) atoms. The van der Waals surface area contributed by atoms with E-state index < -0.39 is 14.6 Å². The summed E-state index contributed by atoms with van der Waals surface area (Å²) in [6.45, 7) is 13.8. The first-order valence-electron chi connectivity index (χ1n) is 13.7. The Kier molecular flexibility index (Phi) is 9.08. The Morgan fingerprint density at radius 1 is 0.923 bits per heavy atom. The second-order valence-electron chi connectivity index (χ2n) is 11.5. The summed E-state index contributed by atoms with van der Waals surface area (Å²) in [5.74, 6) is -0.281. The molecule has 0 aromatic heterocycles. The summed E-state index contributed by atoms with van der Waals surface area (Å²) in [7, 11) is -1.80. The molecule has 0 unspecified atom stereocenters. The summed E-state index contributed by atoms with van der Waals surface area (Å²) in [6.07, 6.45) is 4.82. The van der Waals surface area contributed by atoms with E-state index in [-0.39, 0.29) is 10.9 Å². The largest absolute Gasteiger partial charge is 0.455 e. The second-order valence-corrected chi connectivity index (χ2v) is 16.3. The van der Waals surface area contributed by atoms with Crippen molar-refractivity contribution in [3.8, 4) is 0 Å². The van der Waals surface area contributed by atoms with Gasteiger partial charge in [0.15, 0.2) is 8.32 Å². The van der Waals surface area contributed by atoms with Gasteiger partial charge in [0.05, 0.1) is 17.0 Å². The Morgan fingerprint density at radius 3 is 2.03 bits per heavy atom. The van der Waals surface area contributed by atoms with E-state index in [9.17, 15) is 0 Å². The van der Waals surface area contributed by atoms with Gasteiger partial charge in [0.2, 0.25) is 0 Å². The molecule has 0 bridgehead atoms. The molecule has 4 rings (SSSR count). The van der Waals surface area contributed by atoms with E-state index in [2.05, 4.69) is 33.9 Å². The fraction of sp³-hybridized carbons (Fsp3) is 0.364. The van der Waals surface area contributed by atoms with E-state index in [1.807, 2.05) is 67.6 Å². The van der Waals surface area contributed by atoms with Crippen molar-refractivity contribution in [2.45, 2.75) is 71.4 Å². The predicted octanol–water partition coefficient (Wildman–Crippen LogP) is 9.16. The van der Waals surface area contributed by atoms with Crippen molar-refractivity contribution in [2.75, 3.05) is 6.61 Å². The summed E-state index contributed by atoms with van der Waals surface area (Å²) >= 11 is 0. The number of hydrogen-bond donors (Lipinski definition) is 0. The number of nitrogens with zero attached hydrogens (tertiary/aromatic N) is 1. The van der Waals surface area contributed by atoms with Gasteiger partial charge < -0.3 is 13.9 Å². The molecular formula is C33H40FNO3Si. The van der Waals surface area contributed by atoms with E-state index in [4.69, 9.17) is 18.9 Å². The van der Waals surface area contributed by atoms with Crippen LogP contribution in [0.15, 0.2) is 84.2 Å². The van der Waals surface area contributed by atoms with Gasteiger partial charge in [0.1, 0.15) is 18.3 Å². The quantitative estimate of drug-likeness (QED) is 0.145. The van der Waals surface area contributed by atoms with Crippen LogP contribution < -0.4 is 0 Å². The molecule has 1 aliphatic heterocycles. The highest BCUT2D eigenvalue weighted by Crippen LogP contribution is 2.40. The second kappa shape index (κ2) is 12.3. The SMILES string of the molecule is Cc1c(F)cc(N=C(c2ccccc2)c2ccccc2)c(C2OC=CO2)c1CCCCO[Si](C)(C)C(C)(C)C. The molecule has 0 saturated carbocycles. The molecule has 4 nitrogen and oxygen atoms in total. The third kappa shape index (κ3) is 6.86. The molecule has 0 N–H and O–H groups in total. The highest BCUT2D eigenvalue weighted by molar-refractivity contribution is 6.74. The van der Waals surface area contributed by atoms with Gasteiger partial charge in [-0.05, 0) is 55.4 Å². The van der Waals surface area contributed by atoms with Crippen LogP contribution in [-0.2, 0) is 20.3 Å². The average molecular weight is 546 g/mol. The molecule has 0 amide bonds. The zero-order chi connectivity index (χ0) is 28.0. The molecule has 0 saturated heterocycles. The Labute approximate surface area is 233 Å². The summed E-state index contributed by atoms with van der Waals surface area (Å²) in [4.78, 5) is 5.08. The standard InChI is InChI=1S/C33H40FNO3Si/c1-24-27(19-13-14-20-38-39(5,6)33(2,3)4)30(32-36-21-22-37-32)29(23-28(24)34)35-31(25-15-9-7-10-16-25)26-17-11-8-12-18-26/h7-12,15-18,21-23,32H,13-14,19-20H2,1-6H3. The maximum atomic E-state index is 15.4. The summed E-state index contributed by atoms with van der Waals surface area (Å²) in [5, 5.41) is 0.172. The van der Waals surface area contributed by atoms with Crippen LogP contribution in [0.4, 0.5) is 10.1 Å². The van der Waals surface area contributed by atoms with Crippen molar-refractivity contribution >= 4 is 19.7 Å². The fourth-order valence-corrected chi connectivity index (χ4v) is 5.50. The average Bonchev–Trinajstić information content (AvgIpc) is 3.44. The number of rotatable bonds is 10. The van der Waals surface area contributed by atoms with Crippen molar-refractivity contribution < 1.29 is 18.3 Å². The number of hydrogen-bond acceptors (Lipinski definition) is 4. The normalized spacial score (nSPS) is 13.7. The smallest absolute Gasteiger partial charge is 0.268 e. The highest BCUT2D eigenvalue weighted by Gasteiger charge is 2.36. The van der Waals surface area contributed by atoms with Gasteiger partial charge >= 0.3 is 0 Å². The fourth-order valence-electron chi connectivity index (χ4n) is 4.42. The van der Waals surface area contributed by atoms with Crippen LogP contribution in [0, 0.1) is 12.7 Å². The Balaban J connectivity index is 1.70. The molecule has 1 aliphatic rings. The maximum Gasteiger partial charge on any atom is 0.268 e. The number of benzene rings is 3. The van der Waals surface area contributed by atoms with Crippen LogP contribution in [0.1, 0.15) is 67.7 Å². The Morgan fingerprint density at radius 2 is 1.49 bits per heavy atom. The van der Waals surface area contributed by atoms with E-state index in [0.717, 1.165) is 40.8 Å². The van der Waals surface area contributed by atoms with E-state index in [1.165, 1.54) is 18.6 Å². The lowest BCUT2D eigenvalue weighted by atomic mass is 9.94. The van der Waals surface area contributed by atoms with Crippen molar-refractivity contribution in [2.24, 2.45) is 4.99 Å². The maximum absolute atomic E-state index is 15.4. The van der Waals surface area contributed by atoms with Crippen LogP contribution in [0.25, 0.3) is 0 Å². The first kappa shape index (κ1) is 28.8. The molecule has 206 valence electrons. The van der Waals surface area contributed by atoms with Crippen LogP contribution >= 0.6 is 0 Å². The van der Waals surface area contributed by atoms with E-state index >= 15 is 4.39 Å². The molecule has 0 aliphatic carbocycles. The molecule has 0 radical (unpaired) electrons. The number of aliphatic imine (C=N–C) groups is 1. The van der Waals surface area contributed by atoms with Gasteiger partial charge in [-0.25, -0.2) is 9.38 Å². The minimum absolute atomic E-state index is 0.172. The molecule has 3 aromatic carbocycles. The van der Waals surface area contributed by atoms with Gasteiger partial charge in [0.25, 0.3) is 6.29 Å².